The standard InChI is InChI=1S/C24H28N2O2S/c1-17-9-13-21(14-10-17)24-26-22(19(3)28-24)15-29-16-23(27)25-18(2)11-12-20-7-5-4-6-8-20/h4-10,13-14,18H,11-12,15-16H2,1-3H3,(H,25,27)/t18-/m1/s1. The van der Waals surface area contributed by atoms with Crippen LogP contribution in [-0.4, -0.2) is 22.7 Å². The maximum atomic E-state index is 12.2. The number of nitrogens with zero attached hydrogens (tertiary/aromatic N) is 1. The first-order valence-electron chi connectivity index (χ1n) is 9.95. The summed E-state index contributed by atoms with van der Waals surface area (Å²) in [5, 5.41) is 3.08. The fourth-order valence-corrected chi connectivity index (χ4v) is 3.87. The van der Waals surface area contributed by atoms with Crippen LogP contribution < -0.4 is 5.32 Å². The number of amides is 1. The van der Waals surface area contributed by atoms with Crippen molar-refractivity contribution in [3.8, 4) is 11.5 Å². The van der Waals surface area contributed by atoms with Crippen molar-refractivity contribution in [2.45, 2.75) is 45.4 Å². The van der Waals surface area contributed by atoms with Gasteiger partial charge < -0.3 is 9.73 Å². The summed E-state index contributed by atoms with van der Waals surface area (Å²) in [6, 6.07) is 18.6. The number of hydrogen-bond acceptors (Lipinski definition) is 4. The quantitative estimate of drug-likeness (QED) is 0.520. The van der Waals surface area contributed by atoms with Gasteiger partial charge in [-0.15, -0.1) is 11.8 Å². The highest BCUT2D eigenvalue weighted by Crippen LogP contribution is 2.24. The van der Waals surface area contributed by atoms with Gasteiger partial charge in [0.05, 0.1) is 11.4 Å². The van der Waals surface area contributed by atoms with E-state index in [4.69, 9.17) is 4.42 Å². The van der Waals surface area contributed by atoms with Crippen LogP contribution in [0.5, 0.6) is 0 Å². The van der Waals surface area contributed by atoms with E-state index >= 15 is 0 Å². The topological polar surface area (TPSA) is 55.1 Å². The van der Waals surface area contributed by atoms with Crippen molar-refractivity contribution in [3.05, 3.63) is 77.2 Å². The first kappa shape index (κ1) is 21.2. The van der Waals surface area contributed by atoms with Crippen molar-refractivity contribution in [3.63, 3.8) is 0 Å². The molecule has 0 fully saturated rings. The van der Waals surface area contributed by atoms with Crippen LogP contribution in [0, 0.1) is 13.8 Å². The van der Waals surface area contributed by atoms with Gasteiger partial charge in [0.1, 0.15) is 5.76 Å². The maximum absolute atomic E-state index is 12.2. The SMILES string of the molecule is Cc1ccc(-c2nc(CSCC(=O)N[C@H](C)CCc3ccccc3)c(C)o2)cc1. The Hall–Kier alpha value is -2.53. The second-order valence-corrected chi connectivity index (χ2v) is 8.36. The van der Waals surface area contributed by atoms with E-state index in [0.29, 0.717) is 17.4 Å². The summed E-state index contributed by atoms with van der Waals surface area (Å²) in [4.78, 5) is 16.8. The van der Waals surface area contributed by atoms with Crippen LogP contribution in [0.15, 0.2) is 59.0 Å². The highest BCUT2D eigenvalue weighted by atomic mass is 32.2. The van der Waals surface area contributed by atoms with E-state index < -0.39 is 0 Å². The molecule has 5 heteroatoms. The smallest absolute Gasteiger partial charge is 0.230 e. The van der Waals surface area contributed by atoms with Crippen LogP contribution in [0.25, 0.3) is 11.5 Å². The lowest BCUT2D eigenvalue weighted by Crippen LogP contribution is -2.34. The fraction of sp³-hybridized carbons (Fsp3) is 0.333. The minimum Gasteiger partial charge on any atom is -0.441 e. The van der Waals surface area contributed by atoms with Crippen LogP contribution in [-0.2, 0) is 17.0 Å². The number of thioether (sulfide) groups is 1. The molecular weight excluding hydrogens is 380 g/mol. The van der Waals surface area contributed by atoms with Gasteiger partial charge in [-0.25, -0.2) is 4.98 Å². The monoisotopic (exact) mass is 408 g/mol. The fourth-order valence-electron chi connectivity index (χ4n) is 3.04. The molecule has 0 unspecified atom stereocenters. The first-order valence-corrected chi connectivity index (χ1v) is 11.1. The highest BCUT2D eigenvalue weighted by Gasteiger charge is 2.13. The molecule has 0 aliphatic rings. The molecule has 1 amide bonds. The predicted octanol–water partition coefficient (Wildman–Crippen LogP) is 5.33. The lowest BCUT2D eigenvalue weighted by atomic mass is 10.1. The Balaban J connectivity index is 1.42. The number of aromatic nitrogens is 1. The molecule has 29 heavy (non-hydrogen) atoms. The van der Waals surface area contributed by atoms with Crippen molar-refractivity contribution in [2.75, 3.05) is 5.75 Å². The van der Waals surface area contributed by atoms with E-state index in [1.165, 1.54) is 11.1 Å². The summed E-state index contributed by atoms with van der Waals surface area (Å²) in [6.45, 7) is 6.04. The van der Waals surface area contributed by atoms with Crippen LogP contribution in [0.2, 0.25) is 0 Å². The van der Waals surface area contributed by atoms with Crippen molar-refractivity contribution < 1.29 is 9.21 Å². The maximum Gasteiger partial charge on any atom is 0.230 e. The Kier molecular flexibility index (Phi) is 7.53. The molecular formula is C24H28N2O2S. The molecule has 0 aliphatic carbocycles. The van der Waals surface area contributed by atoms with E-state index in [0.717, 1.165) is 29.9 Å². The lowest BCUT2D eigenvalue weighted by molar-refractivity contribution is -0.119. The summed E-state index contributed by atoms with van der Waals surface area (Å²) >= 11 is 1.56. The van der Waals surface area contributed by atoms with E-state index in [-0.39, 0.29) is 11.9 Å². The van der Waals surface area contributed by atoms with Crippen LogP contribution >= 0.6 is 11.8 Å². The third kappa shape index (κ3) is 6.50. The molecule has 1 heterocycles. The second-order valence-electron chi connectivity index (χ2n) is 7.37. The molecule has 0 radical (unpaired) electrons. The number of aryl methyl sites for hydroxylation is 3. The van der Waals surface area contributed by atoms with E-state index in [1.807, 2.05) is 49.4 Å². The van der Waals surface area contributed by atoms with Crippen LogP contribution in [0.3, 0.4) is 0 Å². The largest absolute Gasteiger partial charge is 0.441 e. The van der Waals surface area contributed by atoms with E-state index in [1.54, 1.807) is 11.8 Å². The average molecular weight is 409 g/mol. The Labute approximate surface area is 177 Å². The minimum absolute atomic E-state index is 0.0652. The predicted molar refractivity (Wildman–Crippen MR) is 120 cm³/mol. The van der Waals surface area contributed by atoms with Gasteiger partial charge in [0.15, 0.2) is 0 Å². The Morgan fingerprint density at radius 2 is 1.83 bits per heavy atom. The average Bonchev–Trinajstić information content (AvgIpc) is 3.08. The third-order valence-electron chi connectivity index (χ3n) is 4.78. The number of nitrogens with one attached hydrogen (secondary N) is 1. The van der Waals surface area contributed by atoms with Crippen molar-refractivity contribution in [1.82, 2.24) is 10.3 Å². The van der Waals surface area contributed by atoms with Gasteiger partial charge in [-0.05, 0) is 51.3 Å². The molecule has 152 valence electrons. The molecule has 0 aliphatic heterocycles. The normalized spacial score (nSPS) is 12.0. The number of carbonyl (C=O) groups is 1. The second kappa shape index (κ2) is 10.3. The van der Waals surface area contributed by atoms with Crippen LogP contribution in [0.4, 0.5) is 0 Å². The Bertz CT molecular complexity index is 920. The van der Waals surface area contributed by atoms with E-state index in [2.05, 4.69) is 36.3 Å². The van der Waals surface area contributed by atoms with Gasteiger partial charge in [-0.3, -0.25) is 4.79 Å². The minimum atomic E-state index is 0.0652. The molecule has 0 bridgehead atoms. The summed E-state index contributed by atoms with van der Waals surface area (Å²) < 4.78 is 5.81. The Morgan fingerprint density at radius 3 is 2.55 bits per heavy atom. The molecule has 2 aromatic carbocycles. The van der Waals surface area contributed by atoms with Crippen molar-refractivity contribution in [1.29, 1.82) is 0 Å². The summed E-state index contributed by atoms with van der Waals surface area (Å²) in [5.74, 6) is 2.59. The molecule has 0 spiro atoms. The summed E-state index contributed by atoms with van der Waals surface area (Å²) in [7, 11) is 0. The zero-order valence-electron chi connectivity index (χ0n) is 17.3. The number of benzene rings is 2. The van der Waals surface area contributed by atoms with Crippen LogP contribution in [0.1, 0.15) is 35.9 Å². The molecule has 4 nitrogen and oxygen atoms in total. The molecule has 1 N–H and O–H groups in total. The number of rotatable bonds is 9. The number of hydrogen-bond donors (Lipinski definition) is 1. The van der Waals surface area contributed by atoms with Crippen molar-refractivity contribution >= 4 is 17.7 Å². The zero-order chi connectivity index (χ0) is 20.6. The van der Waals surface area contributed by atoms with Gasteiger partial charge in [0.2, 0.25) is 11.8 Å². The highest BCUT2D eigenvalue weighted by molar-refractivity contribution is 7.99. The van der Waals surface area contributed by atoms with Gasteiger partial charge in [0.25, 0.3) is 0 Å². The summed E-state index contributed by atoms with van der Waals surface area (Å²) in [5.41, 5.74) is 4.38. The molecule has 3 aromatic rings. The Morgan fingerprint density at radius 1 is 1.10 bits per heavy atom. The van der Waals surface area contributed by atoms with Gasteiger partial charge >= 0.3 is 0 Å². The van der Waals surface area contributed by atoms with Gasteiger partial charge in [-0.2, -0.15) is 0 Å². The molecule has 0 saturated carbocycles. The molecule has 0 saturated heterocycles. The number of oxazole rings is 1. The molecule has 1 aromatic heterocycles. The summed E-state index contributed by atoms with van der Waals surface area (Å²) in [6.07, 6.45) is 1.90. The van der Waals surface area contributed by atoms with Gasteiger partial charge in [-0.1, -0.05) is 48.0 Å². The first-order chi connectivity index (χ1) is 14.0. The van der Waals surface area contributed by atoms with Gasteiger partial charge in [0, 0.05) is 17.4 Å². The zero-order valence-corrected chi connectivity index (χ0v) is 18.1. The van der Waals surface area contributed by atoms with E-state index in [9.17, 15) is 4.79 Å². The number of carbonyl (C=O) groups excluding carboxylic acids is 1. The van der Waals surface area contributed by atoms with Crippen molar-refractivity contribution in [2.24, 2.45) is 0 Å². The molecule has 1 atom stereocenters. The third-order valence-corrected chi connectivity index (χ3v) is 5.72. The lowest BCUT2D eigenvalue weighted by Gasteiger charge is -2.13. The molecule has 3 rings (SSSR count).